The van der Waals surface area contributed by atoms with Crippen molar-refractivity contribution in [1.82, 2.24) is 0 Å². The Morgan fingerprint density at radius 2 is 1.84 bits per heavy atom. The predicted molar refractivity (Wildman–Crippen MR) is 84.8 cm³/mol. The lowest BCUT2D eigenvalue weighted by atomic mass is 10.2. The molecule has 1 amide bonds. The Morgan fingerprint density at radius 3 is 2.32 bits per heavy atom. The lowest BCUT2D eigenvalue weighted by Gasteiger charge is -2.10. The van der Waals surface area contributed by atoms with Gasteiger partial charge in [-0.15, -0.1) is 23.5 Å². The van der Waals surface area contributed by atoms with Crippen LogP contribution < -0.4 is 5.32 Å². The zero-order chi connectivity index (χ0) is 14.4. The lowest BCUT2D eigenvalue weighted by Crippen LogP contribution is -2.20. The Kier molecular flexibility index (Phi) is 6.48. The van der Waals surface area contributed by atoms with E-state index in [9.17, 15) is 9.59 Å². The van der Waals surface area contributed by atoms with E-state index in [1.54, 1.807) is 24.3 Å². The van der Waals surface area contributed by atoms with Gasteiger partial charge in [-0.25, -0.2) is 0 Å². The zero-order valence-electron chi connectivity index (χ0n) is 10.8. The SMILES string of the molecule is CSC(SC)=C(C(C)=O)C(=O)Nc1cccc(Cl)c1. The number of hydrogen-bond donors (Lipinski definition) is 1. The number of amides is 1. The highest BCUT2D eigenvalue weighted by Gasteiger charge is 2.19. The highest BCUT2D eigenvalue weighted by Crippen LogP contribution is 2.28. The number of carbonyl (C=O) groups is 2. The van der Waals surface area contributed by atoms with Gasteiger partial charge < -0.3 is 5.32 Å². The molecule has 102 valence electrons. The van der Waals surface area contributed by atoms with Crippen molar-refractivity contribution < 1.29 is 9.59 Å². The standard InChI is InChI=1S/C13H14ClNO2S2/c1-8(16)11(13(18-2)19-3)12(17)15-10-6-4-5-9(14)7-10/h4-7H,1-3H3,(H,15,17). The van der Waals surface area contributed by atoms with Crippen LogP contribution in [-0.2, 0) is 9.59 Å². The number of thioether (sulfide) groups is 2. The van der Waals surface area contributed by atoms with Crippen LogP contribution in [0.5, 0.6) is 0 Å². The molecule has 0 aliphatic carbocycles. The molecule has 3 nitrogen and oxygen atoms in total. The van der Waals surface area contributed by atoms with Crippen molar-refractivity contribution >= 4 is 52.5 Å². The first-order chi connectivity index (χ1) is 8.99. The fraction of sp³-hybridized carbons (Fsp3) is 0.231. The molecule has 0 spiro atoms. The quantitative estimate of drug-likeness (QED) is 0.510. The fourth-order valence-electron chi connectivity index (χ4n) is 1.44. The molecule has 1 aromatic rings. The molecule has 0 radical (unpaired) electrons. The Balaban J connectivity index is 3.03. The van der Waals surface area contributed by atoms with Crippen LogP contribution in [0.2, 0.25) is 5.02 Å². The first-order valence-electron chi connectivity index (χ1n) is 5.39. The summed E-state index contributed by atoms with van der Waals surface area (Å²) in [4.78, 5) is 23.8. The summed E-state index contributed by atoms with van der Waals surface area (Å²) in [7, 11) is 0. The fourth-order valence-corrected chi connectivity index (χ4v) is 3.18. The topological polar surface area (TPSA) is 46.2 Å². The van der Waals surface area contributed by atoms with Gasteiger partial charge in [-0.1, -0.05) is 17.7 Å². The van der Waals surface area contributed by atoms with E-state index in [0.717, 1.165) is 0 Å². The second kappa shape index (κ2) is 7.62. The average molecular weight is 316 g/mol. The molecule has 0 aliphatic heterocycles. The van der Waals surface area contributed by atoms with Crippen LogP contribution in [0.25, 0.3) is 0 Å². The lowest BCUT2D eigenvalue weighted by molar-refractivity contribution is -0.118. The molecule has 1 aromatic carbocycles. The normalized spacial score (nSPS) is 9.89. The summed E-state index contributed by atoms with van der Waals surface area (Å²) in [6.07, 6.45) is 3.67. The predicted octanol–water partition coefficient (Wildman–Crippen LogP) is 3.81. The van der Waals surface area contributed by atoms with Crippen LogP contribution in [0.3, 0.4) is 0 Å². The third-order valence-corrected chi connectivity index (χ3v) is 4.62. The molecule has 0 aliphatic rings. The van der Waals surface area contributed by atoms with Gasteiger partial charge in [0.1, 0.15) is 5.57 Å². The van der Waals surface area contributed by atoms with Gasteiger partial charge in [-0.05, 0) is 37.6 Å². The molecule has 0 aromatic heterocycles. The van der Waals surface area contributed by atoms with Gasteiger partial charge >= 0.3 is 0 Å². The molecule has 1 rings (SSSR count). The summed E-state index contributed by atoms with van der Waals surface area (Å²) in [6.45, 7) is 1.39. The van der Waals surface area contributed by atoms with E-state index >= 15 is 0 Å². The minimum atomic E-state index is -0.409. The van der Waals surface area contributed by atoms with E-state index < -0.39 is 5.91 Å². The van der Waals surface area contributed by atoms with Crippen molar-refractivity contribution in [3.05, 3.63) is 39.1 Å². The highest BCUT2D eigenvalue weighted by molar-refractivity contribution is 8.21. The number of anilines is 1. The third kappa shape index (κ3) is 4.60. The van der Waals surface area contributed by atoms with Gasteiger partial charge in [0, 0.05) is 10.7 Å². The van der Waals surface area contributed by atoms with Crippen LogP contribution in [0.4, 0.5) is 5.69 Å². The van der Waals surface area contributed by atoms with E-state index in [-0.39, 0.29) is 11.4 Å². The van der Waals surface area contributed by atoms with E-state index in [2.05, 4.69) is 5.32 Å². The summed E-state index contributed by atoms with van der Waals surface area (Å²) < 4.78 is 0.701. The Morgan fingerprint density at radius 1 is 1.21 bits per heavy atom. The van der Waals surface area contributed by atoms with Crippen molar-refractivity contribution in [2.45, 2.75) is 6.92 Å². The monoisotopic (exact) mass is 315 g/mol. The summed E-state index contributed by atoms with van der Waals surface area (Å²) in [5.74, 6) is -0.660. The maximum absolute atomic E-state index is 12.2. The van der Waals surface area contributed by atoms with Gasteiger partial charge in [0.2, 0.25) is 0 Å². The maximum atomic E-state index is 12.2. The summed E-state index contributed by atoms with van der Waals surface area (Å²) in [6, 6.07) is 6.81. The second-order valence-corrected chi connectivity index (χ2v) is 5.92. The smallest absolute Gasteiger partial charge is 0.260 e. The number of nitrogens with one attached hydrogen (secondary N) is 1. The van der Waals surface area contributed by atoms with Crippen LogP contribution in [0, 0.1) is 0 Å². The first kappa shape index (κ1) is 16.1. The van der Waals surface area contributed by atoms with Crippen LogP contribution in [0.1, 0.15) is 6.92 Å². The summed E-state index contributed by atoms with van der Waals surface area (Å²) in [5.41, 5.74) is 0.748. The Bertz CT molecular complexity index is 523. The van der Waals surface area contributed by atoms with Gasteiger partial charge in [-0.2, -0.15) is 0 Å². The highest BCUT2D eigenvalue weighted by atomic mass is 35.5. The zero-order valence-corrected chi connectivity index (χ0v) is 13.2. The third-order valence-electron chi connectivity index (χ3n) is 2.24. The molecule has 0 heterocycles. The van der Waals surface area contributed by atoms with Crippen molar-refractivity contribution in [2.75, 3.05) is 17.8 Å². The van der Waals surface area contributed by atoms with Gasteiger partial charge in [0.05, 0.1) is 4.24 Å². The first-order valence-corrected chi connectivity index (χ1v) is 8.22. The number of rotatable bonds is 5. The molecule has 0 fully saturated rings. The average Bonchev–Trinajstić information content (AvgIpc) is 2.34. The Labute approximate surface area is 126 Å². The minimum Gasteiger partial charge on any atom is -0.322 e. The number of ketones is 1. The van der Waals surface area contributed by atoms with Crippen LogP contribution in [0.15, 0.2) is 34.1 Å². The van der Waals surface area contributed by atoms with Crippen molar-refractivity contribution in [1.29, 1.82) is 0 Å². The van der Waals surface area contributed by atoms with Crippen LogP contribution in [-0.4, -0.2) is 24.2 Å². The number of hydrogen-bond acceptors (Lipinski definition) is 4. The van der Waals surface area contributed by atoms with E-state index in [1.807, 2.05) is 12.5 Å². The number of benzene rings is 1. The molecular weight excluding hydrogens is 302 g/mol. The molecular formula is C13H14ClNO2S2. The largest absolute Gasteiger partial charge is 0.322 e. The van der Waals surface area contributed by atoms with Crippen molar-refractivity contribution in [3.63, 3.8) is 0 Å². The van der Waals surface area contributed by atoms with E-state index in [1.165, 1.54) is 30.4 Å². The van der Waals surface area contributed by atoms with Crippen LogP contribution >= 0.6 is 35.1 Å². The Hall–Kier alpha value is -0.910. The van der Waals surface area contributed by atoms with E-state index in [4.69, 9.17) is 11.6 Å². The van der Waals surface area contributed by atoms with Crippen molar-refractivity contribution in [2.24, 2.45) is 0 Å². The van der Waals surface area contributed by atoms with Crippen molar-refractivity contribution in [3.8, 4) is 0 Å². The van der Waals surface area contributed by atoms with Gasteiger partial charge in [0.15, 0.2) is 5.78 Å². The van der Waals surface area contributed by atoms with E-state index in [0.29, 0.717) is 14.9 Å². The maximum Gasteiger partial charge on any atom is 0.260 e. The summed E-state index contributed by atoms with van der Waals surface area (Å²) in [5, 5.41) is 3.21. The van der Waals surface area contributed by atoms with Gasteiger partial charge in [-0.3, -0.25) is 9.59 Å². The molecule has 0 unspecified atom stereocenters. The number of halogens is 1. The molecule has 19 heavy (non-hydrogen) atoms. The molecule has 0 atom stereocenters. The molecule has 6 heteroatoms. The second-order valence-electron chi connectivity index (χ2n) is 3.59. The number of Topliss-reactive ketones (excluding diaryl/α,β-unsaturated/α-hetero) is 1. The summed E-state index contributed by atoms with van der Waals surface area (Å²) >= 11 is 8.62. The molecule has 0 saturated heterocycles. The minimum absolute atomic E-state index is 0.181. The molecule has 0 bridgehead atoms. The molecule has 1 N–H and O–H groups in total. The number of carbonyl (C=O) groups excluding carboxylic acids is 2. The molecule has 0 saturated carbocycles. The van der Waals surface area contributed by atoms with Gasteiger partial charge in [0.25, 0.3) is 5.91 Å².